The first kappa shape index (κ1) is 7.28. The molecule has 12 heavy (non-hydrogen) atoms. The summed E-state index contributed by atoms with van der Waals surface area (Å²) in [4.78, 5) is 8.22. The maximum atomic E-state index is 4.22. The minimum atomic E-state index is 0.960. The first-order valence-corrected chi connectivity index (χ1v) is 4.08. The molecule has 0 saturated carbocycles. The van der Waals surface area contributed by atoms with E-state index in [0.717, 1.165) is 17.6 Å². The molecule has 0 unspecified atom stereocenters. The Labute approximate surface area is 71.1 Å². The van der Waals surface area contributed by atoms with Crippen LogP contribution in [0.1, 0.15) is 12.5 Å². The number of nitrogens with zero attached hydrogens (tertiary/aromatic N) is 3. The van der Waals surface area contributed by atoms with E-state index in [1.165, 1.54) is 5.56 Å². The van der Waals surface area contributed by atoms with Crippen molar-refractivity contribution in [1.82, 2.24) is 14.5 Å². The van der Waals surface area contributed by atoms with E-state index in [9.17, 15) is 0 Å². The SMILES string of the molecule is CCn1cc(C)c2cncnc21. The minimum Gasteiger partial charge on any atom is -0.332 e. The highest BCUT2D eigenvalue weighted by atomic mass is 15.0. The molecule has 0 aromatic carbocycles. The van der Waals surface area contributed by atoms with Crippen molar-refractivity contribution in [2.75, 3.05) is 0 Å². The molecule has 0 N–H and O–H groups in total. The Morgan fingerprint density at radius 1 is 1.50 bits per heavy atom. The summed E-state index contributed by atoms with van der Waals surface area (Å²) in [5.41, 5.74) is 2.28. The molecule has 0 amide bonds. The molecule has 2 aromatic heterocycles. The van der Waals surface area contributed by atoms with Crippen LogP contribution in [0.3, 0.4) is 0 Å². The fraction of sp³-hybridized carbons (Fsp3) is 0.333. The standard InChI is InChI=1S/C9H11N3/c1-3-12-5-7(2)8-4-10-6-11-9(8)12/h4-6H,3H2,1-2H3. The molecule has 0 aliphatic rings. The lowest BCUT2D eigenvalue weighted by atomic mass is 10.3. The molecule has 3 heteroatoms. The Hall–Kier alpha value is -1.38. The summed E-state index contributed by atoms with van der Waals surface area (Å²) in [6, 6.07) is 0. The van der Waals surface area contributed by atoms with E-state index in [-0.39, 0.29) is 0 Å². The number of rotatable bonds is 1. The maximum absolute atomic E-state index is 4.22. The van der Waals surface area contributed by atoms with Gasteiger partial charge in [-0.05, 0) is 19.4 Å². The van der Waals surface area contributed by atoms with Gasteiger partial charge in [0.2, 0.25) is 0 Å². The van der Waals surface area contributed by atoms with Crippen molar-refractivity contribution in [1.29, 1.82) is 0 Å². The van der Waals surface area contributed by atoms with Crippen LogP contribution >= 0.6 is 0 Å². The third-order valence-electron chi connectivity index (χ3n) is 2.08. The Kier molecular flexibility index (Phi) is 1.57. The van der Waals surface area contributed by atoms with E-state index in [2.05, 4.69) is 34.6 Å². The van der Waals surface area contributed by atoms with Gasteiger partial charge in [-0.2, -0.15) is 0 Å². The van der Waals surface area contributed by atoms with Crippen molar-refractivity contribution >= 4 is 11.0 Å². The molecular formula is C9H11N3. The number of hydrogen-bond donors (Lipinski definition) is 0. The van der Waals surface area contributed by atoms with Crippen LogP contribution in [0.25, 0.3) is 11.0 Å². The van der Waals surface area contributed by atoms with Crippen LogP contribution in [-0.4, -0.2) is 14.5 Å². The van der Waals surface area contributed by atoms with Crippen molar-refractivity contribution in [3.05, 3.63) is 24.3 Å². The highest BCUT2D eigenvalue weighted by Gasteiger charge is 2.03. The molecule has 0 spiro atoms. The first-order valence-electron chi connectivity index (χ1n) is 4.08. The van der Waals surface area contributed by atoms with Gasteiger partial charge in [0, 0.05) is 24.3 Å². The van der Waals surface area contributed by atoms with Crippen LogP contribution in [-0.2, 0) is 6.54 Å². The lowest BCUT2D eigenvalue weighted by molar-refractivity contribution is 0.784. The van der Waals surface area contributed by atoms with Crippen LogP contribution in [0.4, 0.5) is 0 Å². The summed E-state index contributed by atoms with van der Waals surface area (Å²) in [5, 5.41) is 1.15. The van der Waals surface area contributed by atoms with Crippen molar-refractivity contribution in [2.24, 2.45) is 0 Å². The van der Waals surface area contributed by atoms with E-state index in [1.54, 1.807) is 6.33 Å². The summed E-state index contributed by atoms with van der Waals surface area (Å²) < 4.78 is 2.13. The van der Waals surface area contributed by atoms with Gasteiger partial charge in [-0.15, -0.1) is 0 Å². The number of fused-ring (bicyclic) bond motifs is 1. The lowest BCUT2D eigenvalue weighted by Gasteiger charge is -1.96. The van der Waals surface area contributed by atoms with Gasteiger partial charge in [-0.3, -0.25) is 0 Å². The van der Waals surface area contributed by atoms with E-state index in [0.29, 0.717) is 0 Å². The largest absolute Gasteiger partial charge is 0.332 e. The zero-order valence-corrected chi connectivity index (χ0v) is 7.28. The maximum Gasteiger partial charge on any atom is 0.143 e. The second-order valence-corrected chi connectivity index (χ2v) is 2.86. The first-order chi connectivity index (χ1) is 5.83. The van der Waals surface area contributed by atoms with Crippen LogP contribution in [0.5, 0.6) is 0 Å². The molecule has 62 valence electrons. The van der Waals surface area contributed by atoms with Crippen LogP contribution < -0.4 is 0 Å². The van der Waals surface area contributed by atoms with Crippen LogP contribution in [0, 0.1) is 6.92 Å². The highest BCUT2D eigenvalue weighted by molar-refractivity contribution is 5.78. The molecule has 3 nitrogen and oxygen atoms in total. The second kappa shape index (κ2) is 2.59. The molecule has 0 aliphatic carbocycles. The fourth-order valence-corrected chi connectivity index (χ4v) is 1.44. The minimum absolute atomic E-state index is 0.960. The fourth-order valence-electron chi connectivity index (χ4n) is 1.44. The molecule has 2 rings (SSSR count). The molecule has 2 aromatic rings. The van der Waals surface area contributed by atoms with E-state index < -0.39 is 0 Å². The van der Waals surface area contributed by atoms with E-state index >= 15 is 0 Å². The smallest absolute Gasteiger partial charge is 0.143 e. The highest BCUT2D eigenvalue weighted by Crippen LogP contribution is 2.16. The van der Waals surface area contributed by atoms with Gasteiger partial charge < -0.3 is 4.57 Å². The zero-order valence-electron chi connectivity index (χ0n) is 7.28. The summed E-state index contributed by atoms with van der Waals surface area (Å²) >= 11 is 0. The normalized spacial score (nSPS) is 10.8. The number of aryl methyl sites for hydroxylation is 2. The van der Waals surface area contributed by atoms with E-state index in [4.69, 9.17) is 0 Å². The van der Waals surface area contributed by atoms with Gasteiger partial charge in [0.15, 0.2) is 0 Å². The van der Waals surface area contributed by atoms with Crippen LogP contribution in [0.2, 0.25) is 0 Å². The second-order valence-electron chi connectivity index (χ2n) is 2.86. The third kappa shape index (κ3) is 0.897. The number of hydrogen-bond acceptors (Lipinski definition) is 2. The predicted octanol–water partition coefficient (Wildman–Crippen LogP) is 1.76. The Morgan fingerprint density at radius 2 is 2.33 bits per heavy atom. The topological polar surface area (TPSA) is 30.7 Å². The van der Waals surface area contributed by atoms with Gasteiger partial charge in [-0.25, -0.2) is 9.97 Å². The van der Waals surface area contributed by atoms with Crippen molar-refractivity contribution in [2.45, 2.75) is 20.4 Å². The average molecular weight is 161 g/mol. The van der Waals surface area contributed by atoms with Crippen LogP contribution in [0.15, 0.2) is 18.7 Å². The average Bonchev–Trinajstić information content (AvgIpc) is 2.44. The quantitative estimate of drug-likeness (QED) is 0.638. The summed E-state index contributed by atoms with van der Waals surface area (Å²) in [6.07, 6.45) is 5.57. The molecule has 0 fully saturated rings. The van der Waals surface area contributed by atoms with Crippen molar-refractivity contribution in [3.8, 4) is 0 Å². The third-order valence-corrected chi connectivity index (χ3v) is 2.08. The Bertz CT molecular complexity index is 403. The van der Waals surface area contributed by atoms with Gasteiger partial charge in [-0.1, -0.05) is 0 Å². The predicted molar refractivity (Wildman–Crippen MR) is 47.9 cm³/mol. The zero-order chi connectivity index (χ0) is 8.55. The molecule has 0 aliphatic heterocycles. The number of aromatic nitrogens is 3. The van der Waals surface area contributed by atoms with Gasteiger partial charge >= 0.3 is 0 Å². The van der Waals surface area contributed by atoms with Crippen molar-refractivity contribution < 1.29 is 0 Å². The van der Waals surface area contributed by atoms with E-state index in [1.807, 2.05) is 6.20 Å². The van der Waals surface area contributed by atoms with Crippen molar-refractivity contribution in [3.63, 3.8) is 0 Å². The molecule has 2 heterocycles. The molecule has 0 radical (unpaired) electrons. The summed E-state index contributed by atoms with van der Waals surface area (Å²) in [7, 11) is 0. The lowest BCUT2D eigenvalue weighted by Crippen LogP contribution is -1.92. The van der Waals surface area contributed by atoms with Gasteiger partial charge in [0.05, 0.1) is 0 Å². The van der Waals surface area contributed by atoms with Gasteiger partial charge in [0.1, 0.15) is 12.0 Å². The monoisotopic (exact) mass is 161 g/mol. The molecular weight excluding hydrogens is 150 g/mol. The molecule has 0 saturated heterocycles. The Morgan fingerprint density at radius 3 is 3.08 bits per heavy atom. The summed E-state index contributed by atoms with van der Waals surface area (Å²) in [6.45, 7) is 5.15. The van der Waals surface area contributed by atoms with Gasteiger partial charge in [0.25, 0.3) is 0 Å². The molecule has 0 bridgehead atoms. The molecule has 0 atom stereocenters. The Balaban J connectivity index is 2.82. The summed E-state index contributed by atoms with van der Waals surface area (Å²) in [5.74, 6) is 0.